The Balaban J connectivity index is 2.18. The standard InChI is InChI=1S/C14H13N3O/c1-17-9-15-8-13(17)14(18)11-6-7-16-12-5-3-2-4-10(11)12/h2-9,14,18H,1H3. The molecule has 0 aliphatic heterocycles. The van der Waals surface area contributed by atoms with Crippen molar-refractivity contribution in [2.45, 2.75) is 6.10 Å². The van der Waals surface area contributed by atoms with E-state index in [1.807, 2.05) is 41.9 Å². The van der Waals surface area contributed by atoms with Crippen molar-refractivity contribution in [3.63, 3.8) is 0 Å². The van der Waals surface area contributed by atoms with Crippen LogP contribution in [0.15, 0.2) is 49.1 Å². The molecule has 4 heteroatoms. The van der Waals surface area contributed by atoms with Crippen molar-refractivity contribution in [3.05, 3.63) is 60.3 Å². The average Bonchev–Trinajstić information content (AvgIpc) is 2.83. The van der Waals surface area contributed by atoms with Gasteiger partial charge in [-0.05, 0) is 17.7 Å². The van der Waals surface area contributed by atoms with Crippen LogP contribution in [0.25, 0.3) is 10.9 Å². The topological polar surface area (TPSA) is 50.9 Å². The molecule has 1 N–H and O–H groups in total. The zero-order valence-corrected chi connectivity index (χ0v) is 9.99. The normalized spacial score (nSPS) is 12.8. The molecule has 0 saturated heterocycles. The van der Waals surface area contributed by atoms with Crippen LogP contribution in [0.2, 0.25) is 0 Å². The van der Waals surface area contributed by atoms with Crippen molar-refractivity contribution >= 4 is 10.9 Å². The fraction of sp³-hybridized carbons (Fsp3) is 0.143. The van der Waals surface area contributed by atoms with Crippen LogP contribution in [0.3, 0.4) is 0 Å². The van der Waals surface area contributed by atoms with Crippen LogP contribution < -0.4 is 0 Å². The van der Waals surface area contributed by atoms with Gasteiger partial charge < -0.3 is 9.67 Å². The smallest absolute Gasteiger partial charge is 0.121 e. The number of rotatable bonds is 2. The summed E-state index contributed by atoms with van der Waals surface area (Å²) in [6.45, 7) is 0. The average molecular weight is 239 g/mol. The SMILES string of the molecule is Cn1cncc1C(O)c1ccnc2ccccc12. The number of aryl methyl sites for hydroxylation is 1. The zero-order valence-electron chi connectivity index (χ0n) is 9.99. The Bertz CT molecular complexity index is 685. The number of hydrogen-bond donors (Lipinski definition) is 1. The first-order valence-electron chi connectivity index (χ1n) is 5.75. The minimum Gasteiger partial charge on any atom is -0.382 e. The molecule has 0 aliphatic carbocycles. The summed E-state index contributed by atoms with van der Waals surface area (Å²) in [4.78, 5) is 8.33. The number of benzene rings is 1. The van der Waals surface area contributed by atoms with Crippen molar-refractivity contribution in [2.75, 3.05) is 0 Å². The predicted molar refractivity (Wildman–Crippen MR) is 69.0 cm³/mol. The number of aromatic nitrogens is 3. The monoisotopic (exact) mass is 239 g/mol. The molecule has 0 aliphatic rings. The fourth-order valence-electron chi connectivity index (χ4n) is 2.15. The number of imidazole rings is 1. The molecule has 0 spiro atoms. The van der Waals surface area contributed by atoms with Crippen LogP contribution in [-0.4, -0.2) is 19.6 Å². The van der Waals surface area contributed by atoms with Gasteiger partial charge in [0.05, 0.1) is 23.7 Å². The molecule has 0 saturated carbocycles. The molecule has 0 bridgehead atoms. The molecular weight excluding hydrogens is 226 g/mol. The van der Waals surface area contributed by atoms with Crippen LogP contribution in [-0.2, 0) is 7.05 Å². The highest BCUT2D eigenvalue weighted by molar-refractivity contribution is 5.82. The van der Waals surface area contributed by atoms with E-state index in [-0.39, 0.29) is 0 Å². The maximum atomic E-state index is 10.5. The number of nitrogens with zero attached hydrogens (tertiary/aromatic N) is 3. The van der Waals surface area contributed by atoms with Crippen molar-refractivity contribution in [1.82, 2.24) is 14.5 Å². The van der Waals surface area contributed by atoms with Gasteiger partial charge in [0, 0.05) is 18.6 Å². The number of aliphatic hydroxyl groups excluding tert-OH is 1. The molecule has 0 fully saturated rings. The second-order valence-corrected chi connectivity index (χ2v) is 4.25. The van der Waals surface area contributed by atoms with Gasteiger partial charge in [-0.3, -0.25) is 4.98 Å². The summed E-state index contributed by atoms with van der Waals surface area (Å²) in [6.07, 6.45) is 4.39. The van der Waals surface area contributed by atoms with Crippen molar-refractivity contribution < 1.29 is 5.11 Å². The number of pyridine rings is 1. The molecule has 90 valence electrons. The molecule has 3 rings (SSSR count). The van der Waals surface area contributed by atoms with Gasteiger partial charge in [-0.25, -0.2) is 4.98 Å². The lowest BCUT2D eigenvalue weighted by molar-refractivity contribution is 0.213. The Kier molecular flexibility index (Phi) is 2.57. The first kappa shape index (κ1) is 10.9. The quantitative estimate of drug-likeness (QED) is 0.744. The van der Waals surface area contributed by atoms with Crippen molar-refractivity contribution in [3.8, 4) is 0 Å². The highest BCUT2D eigenvalue weighted by Gasteiger charge is 2.16. The second-order valence-electron chi connectivity index (χ2n) is 4.25. The van der Waals surface area contributed by atoms with Gasteiger partial charge in [0.15, 0.2) is 0 Å². The van der Waals surface area contributed by atoms with E-state index >= 15 is 0 Å². The van der Waals surface area contributed by atoms with E-state index in [4.69, 9.17) is 0 Å². The Morgan fingerprint density at radius 1 is 1.22 bits per heavy atom. The fourth-order valence-corrected chi connectivity index (χ4v) is 2.15. The van der Waals surface area contributed by atoms with Gasteiger partial charge in [0.2, 0.25) is 0 Å². The molecule has 1 atom stereocenters. The van der Waals surface area contributed by atoms with Crippen LogP contribution in [0.5, 0.6) is 0 Å². The molecule has 3 aromatic rings. The summed E-state index contributed by atoms with van der Waals surface area (Å²) in [5.74, 6) is 0. The third-order valence-corrected chi connectivity index (χ3v) is 3.11. The van der Waals surface area contributed by atoms with E-state index in [1.165, 1.54) is 0 Å². The van der Waals surface area contributed by atoms with E-state index < -0.39 is 6.10 Å². The Labute approximate surface area is 105 Å². The highest BCUT2D eigenvalue weighted by Crippen LogP contribution is 2.27. The molecule has 0 radical (unpaired) electrons. The third-order valence-electron chi connectivity index (χ3n) is 3.11. The molecular formula is C14H13N3O. The third kappa shape index (κ3) is 1.67. The maximum Gasteiger partial charge on any atom is 0.121 e. The van der Waals surface area contributed by atoms with Crippen LogP contribution in [0.4, 0.5) is 0 Å². The first-order valence-corrected chi connectivity index (χ1v) is 5.75. The molecule has 2 aromatic heterocycles. The molecule has 1 unspecified atom stereocenters. The van der Waals surface area contributed by atoms with E-state index in [0.29, 0.717) is 0 Å². The molecule has 1 aromatic carbocycles. The number of hydrogen-bond acceptors (Lipinski definition) is 3. The van der Waals surface area contributed by atoms with Gasteiger partial charge in [0.1, 0.15) is 6.10 Å². The summed E-state index contributed by atoms with van der Waals surface area (Å²) in [7, 11) is 1.87. The van der Waals surface area contributed by atoms with Gasteiger partial charge in [-0.15, -0.1) is 0 Å². The van der Waals surface area contributed by atoms with Crippen LogP contribution in [0.1, 0.15) is 17.4 Å². The van der Waals surface area contributed by atoms with Crippen LogP contribution >= 0.6 is 0 Å². The minimum absolute atomic E-state index is 0.689. The van der Waals surface area contributed by atoms with Gasteiger partial charge in [-0.2, -0.15) is 0 Å². The summed E-state index contributed by atoms with van der Waals surface area (Å²) in [5, 5.41) is 11.4. The lowest BCUT2D eigenvalue weighted by atomic mass is 10.0. The van der Waals surface area contributed by atoms with Gasteiger partial charge >= 0.3 is 0 Å². The summed E-state index contributed by atoms with van der Waals surface area (Å²) in [6, 6.07) is 9.64. The molecule has 18 heavy (non-hydrogen) atoms. The summed E-state index contributed by atoms with van der Waals surface area (Å²) < 4.78 is 1.82. The van der Waals surface area contributed by atoms with Crippen LogP contribution in [0, 0.1) is 0 Å². The number of aliphatic hydroxyl groups is 1. The van der Waals surface area contributed by atoms with E-state index in [0.717, 1.165) is 22.2 Å². The summed E-state index contributed by atoms with van der Waals surface area (Å²) >= 11 is 0. The number of fused-ring (bicyclic) bond motifs is 1. The largest absolute Gasteiger partial charge is 0.382 e. The molecule has 2 heterocycles. The van der Waals surface area contributed by atoms with E-state index in [9.17, 15) is 5.11 Å². The van der Waals surface area contributed by atoms with Gasteiger partial charge in [-0.1, -0.05) is 18.2 Å². The lowest BCUT2D eigenvalue weighted by Gasteiger charge is -2.13. The molecule has 0 amide bonds. The Morgan fingerprint density at radius 3 is 2.83 bits per heavy atom. The van der Waals surface area contributed by atoms with E-state index in [2.05, 4.69) is 9.97 Å². The Morgan fingerprint density at radius 2 is 2.06 bits per heavy atom. The number of para-hydroxylation sites is 1. The minimum atomic E-state index is -0.689. The zero-order chi connectivity index (χ0) is 12.5. The predicted octanol–water partition coefficient (Wildman–Crippen LogP) is 2.05. The van der Waals surface area contributed by atoms with Crippen molar-refractivity contribution in [2.24, 2.45) is 7.05 Å². The Hall–Kier alpha value is -2.20. The van der Waals surface area contributed by atoms with Gasteiger partial charge in [0.25, 0.3) is 0 Å². The molecule has 4 nitrogen and oxygen atoms in total. The maximum absolute atomic E-state index is 10.5. The summed E-state index contributed by atoms with van der Waals surface area (Å²) in [5.41, 5.74) is 2.51. The second kappa shape index (κ2) is 4.23. The lowest BCUT2D eigenvalue weighted by Crippen LogP contribution is -2.05. The van der Waals surface area contributed by atoms with E-state index in [1.54, 1.807) is 18.7 Å². The highest BCUT2D eigenvalue weighted by atomic mass is 16.3. The first-order chi connectivity index (χ1) is 8.77. The van der Waals surface area contributed by atoms with Crippen molar-refractivity contribution in [1.29, 1.82) is 0 Å².